The zero-order valence-electron chi connectivity index (χ0n) is 10.9. The topological polar surface area (TPSA) is 86.3 Å². The van der Waals surface area contributed by atoms with Gasteiger partial charge < -0.3 is 0 Å². The smallest absolute Gasteiger partial charge is 0.258 e. The molecular formula is C14H8Br2N2O4. The van der Waals surface area contributed by atoms with Crippen LogP contribution in [-0.4, -0.2) is 9.85 Å². The summed E-state index contributed by atoms with van der Waals surface area (Å²) in [7, 11) is 0. The summed E-state index contributed by atoms with van der Waals surface area (Å²) < 4.78 is 1.38. The van der Waals surface area contributed by atoms with E-state index in [0.29, 0.717) is 8.96 Å². The fraction of sp³-hybridized carbons (Fsp3) is 0. The summed E-state index contributed by atoms with van der Waals surface area (Å²) in [5.74, 6) is 0. The summed E-state index contributed by atoms with van der Waals surface area (Å²) in [4.78, 5) is 20.4. The van der Waals surface area contributed by atoms with Gasteiger partial charge in [0.25, 0.3) is 11.4 Å². The second kappa shape index (κ2) is 6.80. The molecule has 0 radical (unpaired) electrons. The fourth-order valence-electron chi connectivity index (χ4n) is 1.71. The van der Waals surface area contributed by atoms with Crippen LogP contribution in [0.5, 0.6) is 0 Å². The Hall–Kier alpha value is -2.06. The first-order valence-corrected chi connectivity index (χ1v) is 7.53. The molecule has 0 unspecified atom stereocenters. The highest BCUT2D eigenvalue weighted by Crippen LogP contribution is 2.36. The molecule has 8 heteroatoms. The van der Waals surface area contributed by atoms with Gasteiger partial charge in [0.05, 0.1) is 9.85 Å². The SMILES string of the molecule is O=[N+]([O-])c1ccc(C(Br)=C(Br)c2ccc([N+](=O)[O-])cc2)cc1. The molecule has 2 rings (SSSR count). The lowest BCUT2D eigenvalue weighted by atomic mass is 10.1. The molecule has 6 nitrogen and oxygen atoms in total. The Morgan fingerprint density at radius 2 is 0.955 bits per heavy atom. The number of rotatable bonds is 4. The molecule has 0 atom stereocenters. The lowest BCUT2D eigenvalue weighted by Gasteiger charge is -2.05. The Morgan fingerprint density at radius 1 is 0.682 bits per heavy atom. The van der Waals surface area contributed by atoms with Crippen LogP contribution in [0.25, 0.3) is 8.96 Å². The number of hydrogen-bond acceptors (Lipinski definition) is 4. The fourth-order valence-corrected chi connectivity index (χ4v) is 2.70. The van der Waals surface area contributed by atoms with Crippen LogP contribution in [0.15, 0.2) is 48.5 Å². The first-order chi connectivity index (χ1) is 10.4. The van der Waals surface area contributed by atoms with E-state index in [4.69, 9.17) is 0 Å². The summed E-state index contributed by atoms with van der Waals surface area (Å²) in [5, 5.41) is 21.3. The minimum atomic E-state index is -0.466. The molecule has 0 saturated carbocycles. The van der Waals surface area contributed by atoms with Crippen molar-refractivity contribution >= 4 is 52.2 Å². The maximum atomic E-state index is 10.6. The Labute approximate surface area is 142 Å². The van der Waals surface area contributed by atoms with E-state index in [1.54, 1.807) is 24.3 Å². The van der Waals surface area contributed by atoms with Gasteiger partial charge in [-0.3, -0.25) is 20.2 Å². The molecule has 0 N–H and O–H groups in total. The maximum absolute atomic E-state index is 10.6. The number of nitro benzene ring substituents is 2. The first kappa shape index (κ1) is 16.3. The average molecular weight is 428 g/mol. The first-order valence-electron chi connectivity index (χ1n) is 5.95. The van der Waals surface area contributed by atoms with Gasteiger partial charge in [-0.05, 0) is 67.3 Å². The zero-order chi connectivity index (χ0) is 16.3. The Kier molecular flexibility index (Phi) is 5.04. The van der Waals surface area contributed by atoms with E-state index in [-0.39, 0.29) is 11.4 Å². The van der Waals surface area contributed by atoms with Crippen LogP contribution in [0, 0.1) is 20.2 Å². The third-order valence-corrected chi connectivity index (χ3v) is 5.10. The standard InChI is InChI=1S/C14H8Br2N2O4/c15-13(9-1-5-11(6-2-9)17(19)20)14(16)10-3-7-12(8-4-10)18(21)22/h1-8H. The van der Waals surface area contributed by atoms with E-state index in [2.05, 4.69) is 31.9 Å². The average Bonchev–Trinajstić information content (AvgIpc) is 2.53. The van der Waals surface area contributed by atoms with Gasteiger partial charge in [0.15, 0.2) is 0 Å². The Bertz CT molecular complexity index is 690. The lowest BCUT2D eigenvalue weighted by Crippen LogP contribution is -1.89. The van der Waals surface area contributed by atoms with Crippen LogP contribution in [0.1, 0.15) is 11.1 Å². The number of nitrogens with zero attached hydrogens (tertiary/aromatic N) is 2. The third-order valence-electron chi connectivity index (χ3n) is 2.86. The second-order valence-electron chi connectivity index (χ2n) is 4.24. The van der Waals surface area contributed by atoms with E-state index < -0.39 is 9.85 Å². The van der Waals surface area contributed by atoms with Gasteiger partial charge in [-0.15, -0.1) is 0 Å². The van der Waals surface area contributed by atoms with Crippen molar-refractivity contribution < 1.29 is 9.85 Å². The molecule has 0 amide bonds. The van der Waals surface area contributed by atoms with Crippen LogP contribution in [-0.2, 0) is 0 Å². The van der Waals surface area contributed by atoms with Crippen LogP contribution >= 0.6 is 31.9 Å². The van der Waals surface area contributed by atoms with Crippen molar-refractivity contribution in [2.24, 2.45) is 0 Å². The van der Waals surface area contributed by atoms with Crippen molar-refractivity contribution in [3.8, 4) is 0 Å². The van der Waals surface area contributed by atoms with Gasteiger partial charge >= 0.3 is 0 Å². The lowest BCUT2D eigenvalue weighted by molar-refractivity contribution is -0.385. The molecule has 22 heavy (non-hydrogen) atoms. The second-order valence-corrected chi connectivity index (χ2v) is 5.82. The molecular weight excluding hydrogens is 420 g/mol. The minimum Gasteiger partial charge on any atom is -0.258 e. The molecule has 2 aromatic rings. The van der Waals surface area contributed by atoms with Crippen molar-refractivity contribution in [2.45, 2.75) is 0 Å². The van der Waals surface area contributed by atoms with Gasteiger partial charge in [-0.25, -0.2) is 0 Å². The summed E-state index contributed by atoms with van der Waals surface area (Å²) in [6, 6.07) is 12.1. The summed E-state index contributed by atoms with van der Waals surface area (Å²) in [6.45, 7) is 0. The third kappa shape index (κ3) is 3.58. The maximum Gasteiger partial charge on any atom is 0.269 e. The summed E-state index contributed by atoms with van der Waals surface area (Å²) >= 11 is 6.85. The van der Waals surface area contributed by atoms with Crippen molar-refractivity contribution in [1.29, 1.82) is 0 Å². The number of halogens is 2. The van der Waals surface area contributed by atoms with Crippen molar-refractivity contribution in [3.05, 3.63) is 79.9 Å². The molecule has 0 aliphatic heterocycles. The summed E-state index contributed by atoms with van der Waals surface area (Å²) in [6.07, 6.45) is 0. The molecule has 0 saturated heterocycles. The number of benzene rings is 2. The predicted octanol–water partition coefficient (Wildman–Crippen LogP) is 5.12. The van der Waals surface area contributed by atoms with E-state index in [1.165, 1.54) is 24.3 Å². The van der Waals surface area contributed by atoms with Gasteiger partial charge in [0, 0.05) is 33.2 Å². The predicted molar refractivity (Wildman–Crippen MR) is 90.9 cm³/mol. The molecule has 0 aliphatic rings. The van der Waals surface area contributed by atoms with Gasteiger partial charge in [0.2, 0.25) is 0 Å². The van der Waals surface area contributed by atoms with E-state index >= 15 is 0 Å². The Morgan fingerprint density at radius 3 is 1.18 bits per heavy atom. The van der Waals surface area contributed by atoms with Crippen molar-refractivity contribution in [1.82, 2.24) is 0 Å². The molecule has 0 spiro atoms. The Balaban J connectivity index is 2.35. The largest absolute Gasteiger partial charge is 0.269 e. The van der Waals surface area contributed by atoms with Gasteiger partial charge in [0.1, 0.15) is 0 Å². The molecule has 112 valence electrons. The number of non-ortho nitro benzene ring substituents is 2. The van der Waals surface area contributed by atoms with Crippen LogP contribution in [0.2, 0.25) is 0 Å². The number of hydrogen-bond donors (Lipinski definition) is 0. The van der Waals surface area contributed by atoms with E-state index in [1.807, 2.05) is 0 Å². The highest BCUT2D eigenvalue weighted by molar-refractivity contribution is 9.18. The van der Waals surface area contributed by atoms with Crippen LogP contribution in [0.4, 0.5) is 11.4 Å². The molecule has 0 aliphatic carbocycles. The van der Waals surface area contributed by atoms with Crippen molar-refractivity contribution in [2.75, 3.05) is 0 Å². The normalized spacial score (nSPS) is 11.7. The minimum absolute atomic E-state index is 0.00973. The van der Waals surface area contributed by atoms with E-state index in [0.717, 1.165) is 11.1 Å². The van der Waals surface area contributed by atoms with Crippen molar-refractivity contribution in [3.63, 3.8) is 0 Å². The molecule has 0 bridgehead atoms. The quantitative estimate of drug-likeness (QED) is 0.385. The van der Waals surface area contributed by atoms with Gasteiger partial charge in [-0.1, -0.05) is 0 Å². The van der Waals surface area contributed by atoms with Crippen LogP contribution < -0.4 is 0 Å². The summed E-state index contributed by atoms with van der Waals surface area (Å²) in [5.41, 5.74) is 1.51. The molecule has 0 aromatic heterocycles. The highest BCUT2D eigenvalue weighted by atomic mass is 79.9. The van der Waals surface area contributed by atoms with Gasteiger partial charge in [-0.2, -0.15) is 0 Å². The molecule has 2 aromatic carbocycles. The monoisotopic (exact) mass is 426 g/mol. The van der Waals surface area contributed by atoms with Crippen LogP contribution in [0.3, 0.4) is 0 Å². The molecule has 0 fully saturated rings. The van der Waals surface area contributed by atoms with E-state index in [9.17, 15) is 20.2 Å². The number of nitro groups is 2. The highest BCUT2D eigenvalue weighted by Gasteiger charge is 2.11. The molecule has 0 heterocycles. The zero-order valence-corrected chi connectivity index (χ0v) is 14.1.